The molecule has 0 bridgehead atoms. The number of aliphatic imine (C=N–C) groups is 1. The number of guanidine groups is 1. The highest BCUT2D eigenvalue weighted by Crippen LogP contribution is 2.27. The summed E-state index contributed by atoms with van der Waals surface area (Å²) in [5.74, 6) is 0.608. The Kier molecular flexibility index (Phi) is 9.50. The molecular weight excluding hydrogens is 474 g/mol. The van der Waals surface area contributed by atoms with Crippen LogP contribution in [0.5, 0.6) is 0 Å². The van der Waals surface area contributed by atoms with E-state index in [0.717, 1.165) is 44.1 Å². The Morgan fingerprint density at radius 2 is 2.04 bits per heavy atom. The van der Waals surface area contributed by atoms with Crippen molar-refractivity contribution in [3.63, 3.8) is 0 Å². The third-order valence-electron chi connectivity index (χ3n) is 4.73. The van der Waals surface area contributed by atoms with E-state index in [9.17, 15) is 4.39 Å². The lowest BCUT2D eigenvalue weighted by Gasteiger charge is -2.27. The molecular formula is C20H28FIN4S. The van der Waals surface area contributed by atoms with Crippen molar-refractivity contribution in [1.29, 1.82) is 0 Å². The van der Waals surface area contributed by atoms with Gasteiger partial charge in [-0.2, -0.15) is 0 Å². The van der Waals surface area contributed by atoms with Gasteiger partial charge in [0.2, 0.25) is 0 Å². The molecule has 1 aromatic carbocycles. The predicted octanol–water partition coefficient (Wildman–Crippen LogP) is 4.05. The van der Waals surface area contributed by atoms with Gasteiger partial charge in [0.05, 0.1) is 6.04 Å². The van der Waals surface area contributed by atoms with Crippen LogP contribution in [0.15, 0.2) is 46.8 Å². The van der Waals surface area contributed by atoms with E-state index in [1.807, 2.05) is 17.4 Å². The molecule has 2 heterocycles. The molecule has 1 atom stereocenters. The van der Waals surface area contributed by atoms with Gasteiger partial charge in [-0.25, -0.2) is 4.39 Å². The average Bonchev–Trinajstić information content (AvgIpc) is 3.35. The Morgan fingerprint density at radius 3 is 2.70 bits per heavy atom. The van der Waals surface area contributed by atoms with Crippen LogP contribution in [0.2, 0.25) is 0 Å². The zero-order chi connectivity index (χ0) is 18.2. The maximum Gasteiger partial charge on any atom is 0.191 e. The number of benzene rings is 1. The molecule has 2 N–H and O–H groups in total. The maximum atomic E-state index is 13.3. The normalized spacial score (nSPS) is 16.0. The van der Waals surface area contributed by atoms with Crippen LogP contribution in [0.4, 0.5) is 4.39 Å². The Bertz CT molecular complexity index is 702. The lowest BCUT2D eigenvalue weighted by Crippen LogP contribution is -2.43. The average molecular weight is 502 g/mol. The van der Waals surface area contributed by atoms with E-state index in [-0.39, 0.29) is 29.8 Å². The van der Waals surface area contributed by atoms with E-state index in [1.54, 1.807) is 19.2 Å². The molecule has 0 aliphatic carbocycles. The molecule has 1 unspecified atom stereocenters. The van der Waals surface area contributed by atoms with Gasteiger partial charge in [-0.15, -0.1) is 35.3 Å². The van der Waals surface area contributed by atoms with E-state index in [4.69, 9.17) is 0 Å². The summed E-state index contributed by atoms with van der Waals surface area (Å²) >= 11 is 1.82. The van der Waals surface area contributed by atoms with Crippen LogP contribution in [0.1, 0.15) is 29.3 Å². The van der Waals surface area contributed by atoms with Crippen LogP contribution in [-0.2, 0) is 6.42 Å². The van der Waals surface area contributed by atoms with Gasteiger partial charge < -0.3 is 10.6 Å². The van der Waals surface area contributed by atoms with Crippen molar-refractivity contribution in [3.05, 3.63) is 58.0 Å². The fourth-order valence-electron chi connectivity index (χ4n) is 3.38. The first-order valence-electron chi connectivity index (χ1n) is 9.22. The maximum absolute atomic E-state index is 13.3. The monoisotopic (exact) mass is 502 g/mol. The Balaban J connectivity index is 0.00000261. The highest BCUT2D eigenvalue weighted by Gasteiger charge is 2.24. The van der Waals surface area contributed by atoms with Gasteiger partial charge in [0.1, 0.15) is 5.82 Å². The third-order valence-corrected chi connectivity index (χ3v) is 5.71. The second kappa shape index (κ2) is 11.6. The van der Waals surface area contributed by atoms with Crippen LogP contribution in [0.25, 0.3) is 0 Å². The second-order valence-electron chi connectivity index (χ2n) is 6.53. The summed E-state index contributed by atoms with van der Waals surface area (Å²) in [6, 6.07) is 11.5. The minimum absolute atomic E-state index is 0. The lowest BCUT2D eigenvalue weighted by molar-refractivity contribution is 0.249. The van der Waals surface area contributed by atoms with Crippen molar-refractivity contribution >= 4 is 41.3 Å². The van der Waals surface area contributed by atoms with Gasteiger partial charge in [0.15, 0.2) is 5.96 Å². The number of likely N-dealkylation sites (tertiary alicyclic amines) is 1. The Morgan fingerprint density at radius 1 is 1.22 bits per heavy atom. The van der Waals surface area contributed by atoms with E-state index >= 15 is 0 Å². The van der Waals surface area contributed by atoms with Gasteiger partial charge in [0.25, 0.3) is 0 Å². The van der Waals surface area contributed by atoms with E-state index < -0.39 is 0 Å². The standard InChI is InChI=1S/C20H27FN4S.HI/c1-22-20(23-10-9-16-6-4-7-17(21)14-16)24-15-18(19-8-5-13-26-19)25-11-2-3-12-25;/h4-8,13-14,18H,2-3,9-12,15H2,1H3,(H2,22,23,24);1H. The molecule has 1 fully saturated rings. The lowest BCUT2D eigenvalue weighted by atomic mass is 10.1. The summed E-state index contributed by atoms with van der Waals surface area (Å²) in [6.45, 7) is 3.88. The molecule has 1 aliphatic rings. The molecule has 27 heavy (non-hydrogen) atoms. The molecule has 4 nitrogen and oxygen atoms in total. The van der Waals surface area contributed by atoms with Crippen LogP contribution < -0.4 is 10.6 Å². The van der Waals surface area contributed by atoms with Crippen molar-refractivity contribution in [2.75, 3.05) is 33.2 Å². The molecule has 0 amide bonds. The van der Waals surface area contributed by atoms with Crippen molar-refractivity contribution in [1.82, 2.24) is 15.5 Å². The van der Waals surface area contributed by atoms with E-state index in [2.05, 4.69) is 38.0 Å². The summed E-state index contributed by atoms with van der Waals surface area (Å²) in [6.07, 6.45) is 3.32. The van der Waals surface area contributed by atoms with E-state index in [0.29, 0.717) is 6.04 Å². The van der Waals surface area contributed by atoms with Gasteiger partial charge in [-0.3, -0.25) is 9.89 Å². The molecule has 148 valence electrons. The van der Waals surface area contributed by atoms with Crippen LogP contribution in [0, 0.1) is 5.82 Å². The van der Waals surface area contributed by atoms with Crippen LogP contribution in [-0.4, -0.2) is 44.1 Å². The predicted molar refractivity (Wildman–Crippen MR) is 123 cm³/mol. The summed E-state index contributed by atoms with van der Waals surface area (Å²) in [5, 5.41) is 8.94. The zero-order valence-electron chi connectivity index (χ0n) is 15.7. The first-order valence-corrected chi connectivity index (χ1v) is 10.1. The van der Waals surface area contributed by atoms with Crippen molar-refractivity contribution < 1.29 is 4.39 Å². The molecule has 7 heteroatoms. The van der Waals surface area contributed by atoms with Gasteiger partial charge in [-0.05, 0) is 61.5 Å². The first kappa shape index (κ1) is 22.1. The van der Waals surface area contributed by atoms with Crippen LogP contribution >= 0.6 is 35.3 Å². The van der Waals surface area contributed by atoms with Crippen molar-refractivity contribution in [2.45, 2.75) is 25.3 Å². The molecule has 2 aromatic rings. The Hall–Kier alpha value is -1.19. The summed E-state index contributed by atoms with van der Waals surface area (Å²) in [7, 11) is 1.79. The number of thiophene rings is 1. The number of hydrogen-bond acceptors (Lipinski definition) is 3. The van der Waals surface area contributed by atoms with Crippen molar-refractivity contribution in [3.8, 4) is 0 Å². The minimum Gasteiger partial charge on any atom is -0.356 e. The zero-order valence-corrected chi connectivity index (χ0v) is 18.8. The number of nitrogens with zero attached hydrogens (tertiary/aromatic N) is 2. The molecule has 3 rings (SSSR count). The minimum atomic E-state index is -0.186. The fraction of sp³-hybridized carbons (Fsp3) is 0.450. The third kappa shape index (κ3) is 6.73. The van der Waals surface area contributed by atoms with E-state index in [1.165, 1.54) is 23.8 Å². The number of rotatable bonds is 7. The molecule has 1 saturated heterocycles. The SMILES string of the molecule is CN=C(NCCc1cccc(F)c1)NCC(c1cccs1)N1CCCC1.I. The second-order valence-corrected chi connectivity index (χ2v) is 7.51. The molecule has 1 aliphatic heterocycles. The van der Waals surface area contributed by atoms with Gasteiger partial charge >= 0.3 is 0 Å². The molecule has 0 spiro atoms. The highest BCUT2D eigenvalue weighted by molar-refractivity contribution is 14.0. The number of hydrogen-bond donors (Lipinski definition) is 2. The summed E-state index contributed by atoms with van der Waals surface area (Å²) < 4.78 is 13.3. The topological polar surface area (TPSA) is 39.7 Å². The first-order chi connectivity index (χ1) is 12.8. The molecule has 0 saturated carbocycles. The number of nitrogens with one attached hydrogen (secondary N) is 2. The smallest absolute Gasteiger partial charge is 0.191 e. The fourth-order valence-corrected chi connectivity index (χ4v) is 4.24. The largest absolute Gasteiger partial charge is 0.356 e. The molecule has 1 aromatic heterocycles. The van der Waals surface area contributed by atoms with Crippen molar-refractivity contribution in [2.24, 2.45) is 4.99 Å². The summed E-state index contributed by atoms with van der Waals surface area (Å²) in [4.78, 5) is 8.27. The van der Waals surface area contributed by atoms with Gasteiger partial charge in [0, 0.05) is 25.0 Å². The Labute approximate surface area is 182 Å². The highest BCUT2D eigenvalue weighted by atomic mass is 127. The van der Waals surface area contributed by atoms with Gasteiger partial charge in [-0.1, -0.05) is 18.2 Å². The van der Waals surface area contributed by atoms with Crippen LogP contribution in [0.3, 0.4) is 0 Å². The quantitative estimate of drug-likeness (QED) is 0.341. The number of halogens is 2. The molecule has 0 radical (unpaired) electrons. The summed E-state index contributed by atoms with van der Waals surface area (Å²) in [5.41, 5.74) is 0.987.